The average molecular weight is 390 g/mol. The second kappa shape index (κ2) is 9.56. The van der Waals surface area contributed by atoms with E-state index in [1.165, 1.54) is 5.56 Å². The van der Waals surface area contributed by atoms with Crippen molar-refractivity contribution in [2.75, 3.05) is 46.3 Å². The minimum absolute atomic E-state index is 0.283. The van der Waals surface area contributed by atoms with Crippen LogP contribution in [0.25, 0.3) is 0 Å². The molecule has 152 valence electrons. The smallest absolute Gasteiger partial charge is 0.0822 e. The minimum atomic E-state index is -0.283. The quantitative estimate of drug-likeness (QED) is 0.816. The number of piperazine rings is 1. The fraction of sp³-hybridized carbons (Fsp3) is 0.440. The minimum Gasteiger partial charge on any atom is -0.390 e. The highest BCUT2D eigenvalue weighted by Gasteiger charge is 2.33. The first-order chi connectivity index (χ1) is 14.2. The summed E-state index contributed by atoms with van der Waals surface area (Å²) in [5.74, 6) is 6.62. The monoisotopic (exact) mass is 389 g/mol. The molecule has 0 bridgehead atoms. The van der Waals surface area contributed by atoms with Crippen LogP contribution in [-0.4, -0.2) is 78.3 Å². The van der Waals surface area contributed by atoms with Gasteiger partial charge in [-0.2, -0.15) is 0 Å². The fourth-order valence-electron chi connectivity index (χ4n) is 4.39. The van der Waals surface area contributed by atoms with E-state index >= 15 is 0 Å². The van der Waals surface area contributed by atoms with Gasteiger partial charge in [0.25, 0.3) is 0 Å². The fourth-order valence-corrected chi connectivity index (χ4v) is 4.39. The molecule has 2 heterocycles. The number of nitrogens with zero attached hydrogens (tertiary/aromatic N) is 3. The van der Waals surface area contributed by atoms with Gasteiger partial charge in [-0.1, -0.05) is 48.2 Å². The van der Waals surface area contributed by atoms with Crippen molar-refractivity contribution in [2.45, 2.75) is 25.1 Å². The summed E-state index contributed by atoms with van der Waals surface area (Å²) in [6, 6.07) is 18.8. The van der Waals surface area contributed by atoms with Gasteiger partial charge in [0.2, 0.25) is 0 Å². The Bertz CT molecular complexity index is 849. The molecule has 2 atom stereocenters. The maximum absolute atomic E-state index is 10.8. The van der Waals surface area contributed by atoms with E-state index in [0.29, 0.717) is 6.04 Å². The molecule has 2 aromatic rings. The number of likely N-dealkylation sites (tertiary alicyclic amines) is 1. The highest BCUT2D eigenvalue weighted by atomic mass is 16.3. The molecule has 4 rings (SSSR count). The molecule has 2 aliphatic heterocycles. The first-order valence-electron chi connectivity index (χ1n) is 10.7. The Hall–Kier alpha value is -2.16. The number of benzene rings is 2. The van der Waals surface area contributed by atoms with Crippen LogP contribution in [0.3, 0.4) is 0 Å². The van der Waals surface area contributed by atoms with Crippen molar-refractivity contribution in [1.29, 1.82) is 0 Å². The van der Waals surface area contributed by atoms with E-state index in [0.717, 1.165) is 63.4 Å². The van der Waals surface area contributed by atoms with Crippen LogP contribution < -0.4 is 0 Å². The Kier molecular flexibility index (Phi) is 6.63. The molecular weight excluding hydrogens is 358 g/mol. The molecule has 0 aromatic heterocycles. The van der Waals surface area contributed by atoms with Crippen LogP contribution in [0.4, 0.5) is 0 Å². The lowest BCUT2D eigenvalue weighted by Gasteiger charge is -2.44. The molecule has 2 fully saturated rings. The predicted octanol–water partition coefficient (Wildman–Crippen LogP) is 2.27. The van der Waals surface area contributed by atoms with Crippen LogP contribution in [0.15, 0.2) is 54.6 Å². The number of aliphatic hydroxyl groups excluding tert-OH is 1. The Morgan fingerprint density at radius 2 is 1.62 bits per heavy atom. The third kappa shape index (κ3) is 5.26. The number of piperidine rings is 1. The van der Waals surface area contributed by atoms with Crippen LogP contribution in [0.2, 0.25) is 0 Å². The van der Waals surface area contributed by atoms with Gasteiger partial charge in [-0.05, 0) is 37.2 Å². The molecule has 2 aliphatic rings. The largest absolute Gasteiger partial charge is 0.390 e. The standard InChI is InChI=1S/C25H31N3O/c1-26-15-17-28(18-16-26)24-13-14-27(20-25(24)29)19-23-10-6-5-9-22(23)12-11-21-7-3-2-4-8-21/h2-10,24-25,29H,13-20H2,1H3/t24-,25-/m1/s1. The molecule has 0 amide bonds. The lowest BCUT2D eigenvalue weighted by atomic mass is 9.98. The van der Waals surface area contributed by atoms with Gasteiger partial charge in [0.05, 0.1) is 6.10 Å². The molecule has 2 aromatic carbocycles. The third-order valence-electron chi connectivity index (χ3n) is 6.16. The van der Waals surface area contributed by atoms with E-state index in [9.17, 15) is 5.11 Å². The predicted molar refractivity (Wildman–Crippen MR) is 118 cm³/mol. The lowest BCUT2D eigenvalue weighted by Crippen LogP contribution is -2.58. The molecular formula is C25H31N3O. The van der Waals surface area contributed by atoms with Gasteiger partial charge in [-0.25, -0.2) is 0 Å². The summed E-state index contributed by atoms with van der Waals surface area (Å²) in [6.07, 6.45) is 0.748. The van der Waals surface area contributed by atoms with Crippen molar-refractivity contribution in [3.8, 4) is 11.8 Å². The Balaban J connectivity index is 1.39. The SMILES string of the molecule is CN1CCN([C@@H]2CCN(Cc3ccccc3C#Cc3ccccc3)C[C@H]2O)CC1. The summed E-state index contributed by atoms with van der Waals surface area (Å²) in [5, 5.41) is 10.8. The first-order valence-corrected chi connectivity index (χ1v) is 10.7. The molecule has 1 N–H and O–H groups in total. The Morgan fingerprint density at radius 3 is 2.38 bits per heavy atom. The summed E-state index contributed by atoms with van der Waals surface area (Å²) in [6.45, 7) is 6.92. The van der Waals surface area contributed by atoms with E-state index in [2.05, 4.69) is 51.8 Å². The highest BCUT2D eigenvalue weighted by Crippen LogP contribution is 2.21. The van der Waals surface area contributed by atoms with Gasteiger partial charge in [-0.3, -0.25) is 9.80 Å². The number of hydrogen-bond donors (Lipinski definition) is 1. The Morgan fingerprint density at radius 1 is 0.897 bits per heavy atom. The van der Waals surface area contributed by atoms with E-state index < -0.39 is 0 Å². The second-order valence-electron chi connectivity index (χ2n) is 8.27. The summed E-state index contributed by atoms with van der Waals surface area (Å²) in [5.41, 5.74) is 3.35. The summed E-state index contributed by atoms with van der Waals surface area (Å²) in [7, 11) is 2.18. The molecule has 0 aliphatic carbocycles. The number of rotatable bonds is 3. The number of likely N-dealkylation sites (N-methyl/N-ethyl adjacent to an activating group) is 1. The molecule has 0 radical (unpaired) electrons. The first kappa shape index (κ1) is 20.1. The summed E-state index contributed by atoms with van der Waals surface area (Å²) >= 11 is 0. The number of hydrogen-bond acceptors (Lipinski definition) is 4. The van der Waals surface area contributed by atoms with Crippen LogP contribution >= 0.6 is 0 Å². The number of β-amino-alcohol motifs (C(OH)–C–C–N with tert-alkyl or cyclic N) is 1. The number of aliphatic hydroxyl groups is 1. The maximum Gasteiger partial charge on any atom is 0.0822 e. The zero-order valence-electron chi connectivity index (χ0n) is 17.3. The van der Waals surface area contributed by atoms with Crippen LogP contribution in [0, 0.1) is 11.8 Å². The van der Waals surface area contributed by atoms with E-state index in [4.69, 9.17) is 0 Å². The molecule has 4 heteroatoms. The molecule has 29 heavy (non-hydrogen) atoms. The average Bonchev–Trinajstić information content (AvgIpc) is 2.75. The van der Waals surface area contributed by atoms with Crippen LogP contribution in [0.1, 0.15) is 23.1 Å². The van der Waals surface area contributed by atoms with Crippen molar-refractivity contribution in [3.05, 3.63) is 71.3 Å². The molecule has 0 spiro atoms. The molecule has 4 nitrogen and oxygen atoms in total. The molecule has 0 saturated carbocycles. The van der Waals surface area contributed by atoms with Crippen molar-refractivity contribution in [3.63, 3.8) is 0 Å². The van der Waals surface area contributed by atoms with Crippen molar-refractivity contribution in [2.24, 2.45) is 0 Å². The summed E-state index contributed by atoms with van der Waals surface area (Å²) < 4.78 is 0. The van der Waals surface area contributed by atoms with Crippen molar-refractivity contribution < 1.29 is 5.11 Å². The summed E-state index contributed by atoms with van der Waals surface area (Å²) in [4.78, 5) is 7.23. The molecule has 2 saturated heterocycles. The van der Waals surface area contributed by atoms with Gasteiger partial charge in [-0.15, -0.1) is 0 Å². The van der Waals surface area contributed by atoms with Crippen molar-refractivity contribution in [1.82, 2.24) is 14.7 Å². The lowest BCUT2D eigenvalue weighted by molar-refractivity contribution is -0.0286. The van der Waals surface area contributed by atoms with Gasteiger partial charge in [0, 0.05) is 63.0 Å². The zero-order chi connectivity index (χ0) is 20.1. The van der Waals surface area contributed by atoms with E-state index in [1.54, 1.807) is 0 Å². The van der Waals surface area contributed by atoms with Gasteiger partial charge < -0.3 is 10.0 Å². The third-order valence-corrected chi connectivity index (χ3v) is 6.16. The van der Waals surface area contributed by atoms with Gasteiger partial charge >= 0.3 is 0 Å². The topological polar surface area (TPSA) is 30.0 Å². The van der Waals surface area contributed by atoms with Gasteiger partial charge in [0.15, 0.2) is 0 Å². The molecule has 0 unspecified atom stereocenters. The zero-order valence-corrected chi connectivity index (χ0v) is 17.3. The maximum atomic E-state index is 10.8. The van der Waals surface area contributed by atoms with Crippen molar-refractivity contribution >= 4 is 0 Å². The normalized spacial score (nSPS) is 24.1. The van der Waals surface area contributed by atoms with Crippen LogP contribution in [0.5, 0.6) is 0 Å². The van der Waals surface area contributed by atoms with Crippen LogP contribution in [-0.2, 0) is 6.54 Å². The highest BCUT2D eigenvalue weighted by molar-refractivity contribution is 5.46. The van der Waals surface area contributed by atoms with E-state index in [-0.39, 0.29) is 6.10 Å². The van der Waals surface area contributed by atoms with Gasteiger partial charge in [0.1, 0.15) is 0 Å². The Labute approximate surface area is 174 Å². The van der Waals surface area contributed by atoms with E-state index in [1.807, 2.05) is 36.4 Å². The second-order valence-corrected chi connectivity index (χ2v) is 8.27.